The Balaban J connectivity index is 1.74. The van der Waals surface area contributed by atoms with E-state index in [1.54, 1.807) is 6.92 Å². The van der Waals surface area contributed by atoms with E-state index < -0.39 is 18.1 Å². The van der Waals surface area contributed by atoms with E-state index in [1.165, 1.54) is 12.0 Å². The number of hydrogen-bond acceptors (Lipinski definition) is 4. The van der Waals surface area contributed by atoms with Gasteiger partial charge in [-0.2, -0.15) is 0 Å². The van der Waals surface area contributed by atoms with Gasteiger partial charge in [0.05, 0.1) is 6.10 Å². The van der Waals surface area contributed by atoms with E-state index in [1.807, 2.05) is 6.07 Å². The van der Waals surface area contributed by atoms with Crippen LogP contribution >= 0.6 is 0 Å². The normalized spacial score (nSPS) is 31.0. The summed E-state index contributed by atoms with van der Waals surface area (Å²) in [5.41, 5.74) is 6.93. The second-order valence-electron chi connectivity index (χ2n) is 7.05. The first-order valence-electron chi connectivity index (χ1n) is 8.48. The van der Waals surface area contributed by atoms with Crippen molar-refractivity contribution >= 4 is 5.91 Å². The summed E-state index contributed by atoms with van der Waals surface area (Å²) in [4.78, 5) is 16.3. The molecule has 4 atom stereocenters. The average Bonchev–Trinajstić information content (AvgIpc) is 2.92. The van der Waals surface area contributed by atoms with E-state index in [2.05, 4.69) is 41.0 Å². The molecule has 1 aromatic rings. The van der Waals surface area contributed by atoms with Crippen molar-refractivity contribution in [2.24, 2.45) is 5.73 Å². The minimum atomic E-state index is -0.740. The molecule has 2 saturated heterocycles. The lowest BCUT2D eigenvalue weighted by molar-refractivity contribution is -0.151. The summed E-state index contributed by atoms with van der Waals surface area (Å²) in [7, 11) is 0. The highest BCUT2D eigenvalue weighted by Crippen LogP contribution is 2.44. The topological polar surface area (TPSA) is 69.8 Å². The van der Waals surface area contributed by atoms with Crippen LogP contribution in [0.5, 0.6) is 0 Å². The molecule has 0 aromatic heterocycles. The summed E-state index contributed by atoms with van der Waals surface area (Å²) in [5.74, 6) is -0.436. The Bertz CT molecular complexity index is 563. The number of rotatable bonds is 5. The molecule has 1 amide bonds. The number of primary amides is 1. The molecule has 5 heteroatoms. The Kier molecular flexibility index (Phi) is 4.45. The molecule has 0 bridgehead atoms. The monoisotopic (exact) mass is 317 g/mol. The third-order valence-electron chi connectivity index (χ3n) is 5.72. The molecule has 0 radical (unpaired) electrons. The minimum absolute atomic E-state index is 0.110. The van der Waals surface area contributed by atoms with E-state index in [-0.39, 0.29) is 11.6 Å². The molecule has 1 spiro atoms. The summed E-state index contributed by atoms with van der Waals surface area (Å²) in [6, 6.07) is 10.1. The van der Waals surface area contributed by atoms with E-state index in [0.29, 0.717) is 0 Å². The molecule has 126 valence electrons. The first kappa shape index (κ1) is 16.4. The van der Waals surface area contributed by atoms with Crippen LogP contribution in [0.3, 0.4) is 0 Å². The van der Waals surface area contributed by atoms with Crippen LogP contribution in [0.2, 0.25) is 0 Å². The summed E-state index contributed by atoms with van der Waals surface area (Å²) in [6.07, 6.45) is 1.58. The lowest BCUT2D eigenvalue weighted by Crippen LogP contribution is -2.77. The zero-order chi connectivity index (χ0) is 16.6. The van der Waals surface area contributed by atoms with Crippen LogP contribution in [0.25, 0.3) is 0 Å². The van der Waals surface area contributed by atoms with Crippen LogP contribution in [-0.4, -0.2) is 57.6 Å². The molecular weight excluding hydrogens is 290 g/mol. The molecular formula is C18H27N3O2. The summed E-state index contributed by atoms with van der Waals surface area (Å²) in [6.45, 7) is 6.63. The fourth-order valence-corrected chi connectivity index (χ4v) is 4.45. The zero-order valence-corrected chi connectivity index (χ0v) is 14.0. The molecule has 2 unspecified atom stereocenters. The highest BCUT2D eigenvalue weighted by atomic mass is 16.3. The van der Waals surface area contributed by atoms with Crippen LogP contribution < -0.4 is 5.73 Å². The molecule has 5 nitrogen and oxygen atoms in total. The quantitative estimate of drug-likeness (QED) is 0.849. The molecule has 3 rings (SSSR count). The number of carbonyl (C=O) groups is 1. The van der Waals surface area contributed by atoms with Crippen molar-refractivity contribution in [1.29, 1.82) is 0 Å². The second-order valence-corrected chi connectivity index (χ2v) is 7.05. The van der Waals surface area contributed by atoms with Gasteiger partial charge in [0.1, 0.15) is 6.04 Å². The van der Waals surface area contributed by atoms with Crippen LogP contribution in [0.4, 0.5) is 0 Å². The number of benzene rings is 1. The van der Waals surface area contributed by atoms with E-state index in [4.69, 9.17) is 5.73 Å². The Morgan fingerprint density at radius 2 is 2.13 bits per heavy atom. The van der Waals surface area contributed by atoms with Gasteiger partial charge >= 0.3 is 0 Å². The van der Waals surface area contributed by atoms with Crippen LogP contribution in [0, 0.1) is 0 Å². The number of amides is 1. The first-order valence-corrected chi connectivity index (χ1v) is 8.48. The molecule has 2 aliphatic heterocycles. The maximum Gasteiger partial charge on any atom is 0.237 e. The van der Waals surface area contributed by atoms with Crippen molar-refractivity contribution in [2.75, 3.05) is 13.1 Å². The Morgan fingerprint density at radius 3 is 2.70 bits per heavy atom. The SMILES string of the molecule is CC1N([C@H](C(N)=O)[C@@H](C)O)CC12CCCN2Cc1ccccc1. The largest absolute Gasteiger partial charge is 0.391 e. The average molecular weight is 317 g/mol. The summed E-state index contributed by atoms with van der Waals surface area (Å²) >= 11 is 0. The fraction of sp³-hybridized carbons (Fsp3) is 0.611. The van der Waals surface area contributed by atoms with Gasteiger partial charge in [0.2, 0.25) is 5.91 Å². The van der Waals surface area contributed by atoms with Gasteiger partial charge in [0.25, 0.3) is 0 Å². The van der Waals surface area contributed by atoms with E-state index in [0.717, 1.165) is 26.1 Å². The van der Waals surface area contributed by atoms with Crippen LogP contribution in [-0.2, 0) is 11.3 Å². The predicted molar refractivity (Wildman–Crippen MR) is 89.6 cm³/mol. The number of nitrogens with zero attached hydrogens (tertiary/aromatic N) is 2. The van der Waals surface area contributed by atoms with Gasteiger partial charge < -0.3 is 10.8 Å². The standard InChI is InChI=1S/C18H27N3O2/c1-13(22)16(17(19)23)21-12-18(14(21)2)9-6-10-20(18)11-15-7-4-3-5-8-15/h3-5,7-8,13-14,16,22H,6,9-12H2,1-2H3,(H2,19,23)/t13-,14?,16+,18?/m1/s1. The molecule has 2 heterocycles. The fourth-order valence-electron chi connectivity index (χ4n) is 4.45. The van der Waals surface area contributed by atoms with Crippen molar-refractivity contribution in [2.45, 2.75) is 57.0 Å². The molecule has 1 aromatic carbocycles. The number of aliphatic hydroxyl groups is 1. The lowest BCUT2D eigenvalue weighted by atomic mass is 9.76. The third kappa shape index (κ3) is 2.77. The smallest absolute Gasteiger partial charge is 0.237 e. The van der Waals surface area contributed by atoms with Gasteiger partial charge in [-0.3, -0.25) is 14.6 Å². The number of carbonyl (C=O) groups excluding carboxylic acids is 1. The predicted octanol–water partition coefficient (Wildman–Crippen LogP) is 0.960. The van der Waals surface area contributed by atoms with Crippen molar-refractivity contribution in [3.8, 4) is 0 Å². The van der Waals surface area contributed by atoms with Crippen molar-refractivity contribution < 1.29 is 9.90 Å². The summed E-state index contributed by atoms with van der Waals surface area (Å²) in [5, 5.41) is 9.91. The number of hydrogen-bond donors (Lipinski definition) is 2. The van der Waals surface area contributed by atoms with Crippen molar-refractivity contribution in [3.05, 3.63) is 35.9 Å². The lowest BCUT2D eigenvalue weighted by Gasteiger charge is -2.60. The minimum Gasteiger partial charge on any atom is -0.391 e. The highest BCUT2D eigenvalue weighted by Gasteiger charge is 2.58. The van der Waals surface area contributed by atoms with E-state index >= 15 is 0 Å². The van der Waals surface area contributed by atoms with Crippen molar-refractivity contribution in [1.82, 2.24) is 9.80 Å². The summed E-state index contributed by atoms with van der Waals surface area (Å²) < 4.78 is 0. The number of likely N-dealkylation sites (tertiary alicyclic amines) is 2. The molecule has 23 heavy (non-hydrogen) atoms. The Morgan fingerprint density at radius 1 is 1.43 bits per heavy atom. The first-order chi connectivity index (χ1) is 11.0. The van der Waals surface area contributed by atoms with Gasteiger partial charge in [0.15, 0.2) is 0 Å². The van der Waals surface area contributed by atoms with E-state index in [9.17, 15) is 9.90 Å². The molecule has 3 N–H and O–H groups in total. The molecule has 2 aliphatic rings. The second kappa shape index (κ2) is 6.23. The maximum absolute atomic E-state index is 11.7. The van der Waals surface area contributed by atoms with Gasteiger partial charge in [-0.05, 0) is 38.8 Å². The Hall–Kier alpha value is -1.43. The van der Waals surface area contributed by atoms with Gasteiger partial charge in [0, 0.05) is 24.7 Å². The highest BCUT2D eigenvalue weighted by molar-refractivity contribution is 5.80. The molecule has 0 saturated carbocycles. The Labute approximate surface area is 138 Å². The van der Waals surface area contributed by atoms with Gasteiger partial charge in [-0.25, -0.2) is 0 Å². The van der Waals surface area contributed by atoms with Crippen LogP contribution in [0.15, 0.2) is 30.3 Å². The van der Waals surface area contributed by atoms with Crippen LogP contribution in [0.1, 0.15) is 32.3 Å². The molecule has 2 fully saturated rings. The zero-order valence-electron chi connectivity index (χ0n) is 14.0. The number of aliphatic hydroxyl groups excluding tert-OH is 1. The molecule has 0 aliphatic carbocycles. The third-order valence-corrected chi connectivity index (χ3v) is 5.72. The maximum atomic E-state index is 11.7. The number of nitrogens with two attached hydrogens (primary N) is 1. The van der Waals surface area contributed by atoms with Gasteiger partial charge in [-0.1, -0.05) is 30.3 Å². The van der Waals surface area contributed by atoms with Crippen molar-refractivity contribution in [3.63, 3.8) is 0 Å². The van der Waals surface area contributed by atoms with Gasteiger partial charge in [-0.15, -0.1) is 0 Å².